The van der Waals surface area contributed by atoms with E-state index in [2.05, 4.69) is 9.72 Å². The van der Waals surface area contributed by atoms with Crippen LogP contribution in [0.5, 0.6) is 0 Å². The van der Waals surface area contributed by atoms with Crippen molar-refractivity contribution in [3.8, 4) is 0 Å². The Labute approximate surface area is 89.2 Å². The quantitative estimate of drug-likeness (QED) is 0.785. The lowest BCUT2D eigenvalue weighted by Gasteiger charge is -2.09. The Morgan fingerprint density at radius 3 is 2.56 bits per heavy atom. The van der Waals surface area contributed by atoms with Crippen LogP contribution in [0.4, 0.5) is 19.0 Å². The highest BCUT2D eigenvalue weighted by atomic mass is 19.4. The molecular weight excluding hydrogens is 225 g/mol. The zero-order chi connectivity index (χ0) is 12.3. The molecule has 88 valence electrons. The Balaban J connectivity index is 2.96. The van der Waals surface area contributed by atoms with Gasteiger partial charge < -0.3 is 10.5 Å². The highest BCUT2D eigenvalue weighted by Crippen LogP contribution is 2.32. The van der Waals surface area contributed by atoms with Gasteiger partial charge in [-0.3, -0.25) is 4.79 Å². The first kappa shape index (κ1) is 12.3. The minimum absolute atomic E-state index is 0.136. The van der Waals surface area contributed by atoms with Gasteiger partial charge in [0.2, 0.25) is 0 Å². The van der Waals surface area contributed by atoms with Crippen molar-refractivity contribution in [3.63, 3.8) is 0 Å². The topological polar surface area (TPSA) is 65.2 Å². The fourth-order valence-electron chi connectivity index (χ4n) is 1.08. The van der Waals surface area contributed by atoms with Crippen molar-refractivity contribution in [2.24, 2.45) is 0 Å². The number of rotatable bonds is 2. The molecule has 0 aromatic carbocycles. The van der Waals surface area contributed by atoms with Crippen LogP contribution in [0.3, 0.4) is 0 Å². The summed E-state index contributed by atoms with van der Waals surface area (Å²) >= 11 is 0. The molecule has 7 heteroatoms. The van der Waals surface area contributed by atoms with Gasteiger partial charge in [-0.15, -0.1) is 0 Å². The molecule has 0 fully saturated rings. The van der Waals surface area contributed by atoms with E-state index in [1.807, 2.05) is 0 Å². The predicted octanol–water partition coefficient (Wildman–Crippen LogP) is 1.40. The van der Waals surface area contributed by atoms with E-state index in [0.717, 1.165) is 12.1 Å². The average molecular weight is 234 g/mol. The first-order chi connectivity index (χ1) is 7.34. The molecule has 0 amide bonds. The molecule has 0 aliphatic rings. The third-order valence-electron chi connectivity index (χ3n) is 1.84. The van der Waals surface area contributed by atoms with E-state index < -0.39 is 23.5 Å². The number of pyridine rings is 1. The zero-order valence-electron chi connectivity index (χ0n) is 8.34. The summed E-state index contributed by atoms with van der Waals surface area (Å²) in [4.78, 5) is 14.3. The van der Waals surface area contributed by atoms with Crippen LogP contribution in [-0.2, 0) is 22.1 Å². The van der Waals surface area contributed by atoms with Crippen molar-refractivity contribution in [2.45, 2.75) is 12.6 Å². The van der Waals surface area contributed by atoms with E-state index in [9.17, 15) is 18.0 Å². The van der Waals surface area contributed by atoms with Crippen LogP contribution in [0.15, 0.2) is 12.1 Å². The maximum atomic E-state index is 12.3. The van der Waals surface area contributed by atoms with Gasteiger partial charge in [0.15, 0.2) is 0 Å². The molecule has 1 heterocycles. The van der Waals surface area contributed by atoms with Gasteiger partial charge in [0.25, 0.3) is 0 Å². The van der Waals surface area contributed by atoms with Crippen molar-refractivity contribution in [1.82, 2.24) is 4.98 Å². The van der Waals surface area contributed by atoms with Gasteiger partial charge in [-0.2, -0.15) is 13.2 Å². The fourth-order valence-corrected chi connectivity index (χ4v) is 1.08. The number of ether oxygens (including phenoxy) is 1. The molecule has 0 saturated heterocycles. The van der Waals surface area contributed by atoms with Gasteiger partial charge in [-0.05, 0) is 12.1 Å². The molecule has 0 unspecified atom stereocenters. The lowest BCUT2D eigenvalue weighted by Crippen LogP contribution is -2.13. The maximum Gasteiger partial charge on any atom is 0.419 e. The molecule has 16 heavy (non-hydrogen) atoms. The molecule has 0 bridgehead atoms. The maximum absolute atomic E-state index is 12.3. The normalized spacial score (nSPS) is 11.2. The van der Waals surface area contributed by atoms with Crippen molar-refractivity contribution >= 4 is 11.8 Å². The molecule has 0 radical (unpaired) electrons. The summed E-state index contributed by atoms with van der Waals surface area (Å²) in [6, 6.07) is 1.89. The number of methoxy groups -OCH3 is 1. The standard InChI is InChI=1S/C9H9F3N2O2/c1-16-7(15)4-5-2-3-6(8(13)14-5)9(10,11)12/h2-3H,4H2,1H3,(H2,13,14). The number of hydrogen-bond donors (Lipinski definition) is 1. The molecule has 0 aliphatic heterocycles. The average Bonchev–Trinajstić information content (AvgIpc) is 2.15. The monoisotopic (exact) mass is 234 g/mol. The Hall–Kier alpha value is -1.79. The smallest absolute Gasteiger partial charge is 0.419 e. The number of hydrogen-bond acceptors (Lipinski definition) is 4. The third-order valence-corrected chi connectivity index (χ3v) is 1.84. The number of halogens is 3. The minimum atomic E-state index is -4.54. The summed E-state index contributed by atoms with van der Waals surface area (Å²) in [5.74, 6) is -1.24. The van der Waals surface area contributed by atoms with Crippen LogP contribution in [0.2, 0.25) is 0 Å². The summed E-state index contributed by atoms with van der Waals surface area (Å²) in [7, 11) is 1.18. The first-order valence-corrected chi connectivity index (χ1v) is 4.24. The molecule has 0 saturated carbocycles. The highest BCUT2D eigenvalue weighted by molar-refractivity contribution is 5.72. The SMILES string of the molecule is COC(=O)Cc1ccc(C(F)(F)F)c(N)n1. The van der Waals surface area contributed by atoms with Crippen LogP contribution in [0.1, 0.15) is 11.3 Å². The van der Waals surface area contributed by atoms with E-state index >= 15 is 0 Å². The summed E-state index contributed by atoms with van der Waals surface area (Å²) in [5, 5.41) is 0. The van der Waals surface area contributed by atoms with E-state index in [-0.39, 0.29) is 12.1 Å². The molecule has 0 atom stereocenters. The second kappa shape index (κ2) is 4.38. The van der Waals surface area contributed by atoms with Crippen molar-refractivity contribution in [1.29, 1.82) is 0 Å². The summed E-state index contributed by atoms with van der Waals surface area (Å²) in [6.45, 7) is 0. The van der Waals surface area contributed by atoms with E-state index in [1.165, 1.54) is 7.11 Å². The number of aromatic nitrogens is 1. The largest absolute Gasteiger partial charge is 0.469 e. The molecular formula is C9H9F3N2O2. The summed E-state index contributed by atoms with van der Waals surface area (Å²) in [6.07, 6.45) is -4.75. The number of anilines is 1. The number of alkyl halides is 3. The minimum Gasteiger partial charge on any atom is -0.469 e. The van der Waals surface area contributed by atoms with Crippen molar-refractivity contribution in [3.05, 3.63) is 23.4 Å². The lowest BCUT2D eigenvalue weighted by atomic mass is 10.2. The highest BCUT2D eigenvalue weighted by Gasteiger charge is 2.33. The molecule has 1 rings (SSSR count). The molecule has 0 spiro atoms. The molecule has 2 N–H and O–H groups in total. The number of nitrogens with two attached hydrogens (primary N) is 1. The van der Waals surface area contributed by atoms with Gasteiger partial charge in [0, 0.05) is 0 Å². The van der Waals surface area contributed by atoms with Crippen LogP contribution in [0, 0.1) is 0 Å². The summed E-state index contributed by atoms with van der Waals surface area (Å²) in [5.41, 5.74) is 4.27. The number of nitrogen functional groups attached to an aromatic ring is 1. The number of nitrogens with zero attached hydrogens (tertiary/aromatic N) is 1. The first-order valence-electron chi connectivity index (χ1n) is 4.24. The molecule has 1 aromatic rings. The third kappa shape index (κ3) is 2.85. The van der Waals surface area contributed by atoms with Crippen LogP contribution >= 0.6 is 0 Å². The second-order valence-corrected chi connectivity index (χ2v) is 2.99. The van der Waals surface area contributed by atoms with Crippen LogP contribution in [0.25, 0.3) is 0 Å². The Morgan fingerprint density at radius 2 is 2.12 bits per heavy atom. The second-order valence-electron chi connectivity index (χ2n) is 2.99. The van der Waals surface area contributed by atoms with Gasteiger partial charge >= 0.3 is 12.1 Å². The van der Waals surface area contributed by atoms with Gasteiger partial charge in [-0.25, -0.2) is 4.98 Å². The Bertz CT molecular complexity index is 404. The molecule has 1 aromatic heterocycles. The zero-order valence-corrected chi connectivity index (χ0v) is 8.34. The number of carbonyl (C=O) groups is 1. The lowest BCUT2D eigenvalue weighted by molar-refractivity contribution is -0.139. The fraction of sp³-hybridized carbons (Fsp3) is 0.333. The van der Waals surface area contributed by atoms with Gasteiger partial charge in [-0.1, -0.05) is 0 Å². The number of esters is 1. The van der Waals surface area contributed by atoms with Crippen LogP contribution < -0.4 is 5.73 Å². The molecule has 4 nitrogen and oxygen atoms in total. The molecule has 0 aliphatic carbocycles. The summed E-state index contributed by atoms with van der Waals surface area (Å²) < 4.78 is 41.2. The Morgan fingerprint density at radius 1 is 1.50 bits per heavy atom. The Kier molecular flexibility index (Phi) is 3.36. The van der Waals surface area contributed by atoms with E-state index in [4.69, 9.17) is 5.73 Å². The van der Waals surface area contributed by atoms with E-state index in [0.29, 0.717) is 0 Å². The number of carbonyl (C=O) groups excluding carboxylic acids is 1. The van der Waals surface area contributed by atoms with Gasteiger partial charge in [0.1, 0.15) is 5.82 Å². The van der Waals surface area contributed by atoms with Crippen molar-refractivity contribution in [2.75, 3.05) is 12.8 Å². The van der Waals surface area contributed by atoms with E-state index in [1.54, 1.807) is 0 Å². The van der Waals surface area contributed by atoms with Crippen LogP contribution in [-0.4, -0.2) is 18.1 Å². The van der Waals surface area contributed by atoms with Crippen molar-refractivity contribution < 1.29 is 22.7 Å². The predicted molar refractivity (Wildman–Crippen MR) is 49.4 cm³/mol. The van der Waals surface area contributed by atoms with Gasteiger partial charge in [0.05, 0.1) is 24.8 Å².